The number of nitrogens with zero attached hydrogens (tertiary/aromatic N) is 2. The molecule has 5 nitrogen and oxygen atoms in total. The first-order valence-corrected chi connectivity index (χ1v) is 9.70. The van der Waals surface area contributed by atoms with Crippen LogP contribution in [0.2, 0.25) is 0 Å². The van der Waals surface area contributed by atoms with E-state index in [0.29, 0.717) is 5.69 Å². The van der Waals surface area contributed by atoms with E-state index in [1.165, 1.54) is 11.1 Å². The quantitative estimate of drug-likeness (QED) is 0.561. The van der Waals surface area contributed by atoms with Gasteiger partial charge in [-0.1, -0.05) is 36.4 Å². The Labute approximate surface area is 149 Å². The maximum Gasteiger partial charge on any atom is 0.190 e. The summed E-state index contributed by atoms with van der Waals surface area (Å²) in [6, 6.07) is 14.3. The first-order valence-electron chi connectivity index (χ1n) is 8.33. The van der Waals surface area contributed by atoms with E-state index in [2.05, 4.69) is 34.1 Å². The van der Waals surface area contributed by atoms with Crippen LogP contribution < -0.4 is 0 Å². The molecule has 25 heavy (non-hydrogen) atoms. The number of aromatic nitrogens is 1. The Morgan fingerprint density at radius 2 is 1.92 bits per heavy atom. The highest BCUT2D eigenvalue weighted by Crippen LogP contribution is 2.36. The van der Waals surface area contributed by atoms with Crippen LogP contribution in [0.3, 0.4) is 0 Å². The summed E-state index contributed by atoms with van der Waals surface area (Å²) >= 11 is 0. The van der Waals surface area contributed by atoms with E-state index in [4.69, 9.17) is 9.05 Å². The van der Waals surface area contributed by atoms with Gasteiger partial charge in [0.05, 0.1) is 6.16 Å². The number of ketones is 1. The third-order valence-electron chi connectivity index (χ3n) is 4.34. The van der Waals surface area contributed by atoms with Gasteiger partial charge >= 0.3 is 0 Å². The van der Waals surface area contributed by atoms with Crippen LogP contribution in [0, 0.1) is 0 Å². The van der Waals surface area contributed by atoms with E-state index in [1.54, 1.807) is 14.2 Å². The van der Waals surface area contributed by atoms with E-state index in [-0.39, 0.29) is 11.9 Å². The maximum atomic E-state index is 12.3. The van der Waals surface area contributed by atoms with Crippen LogP contribution >= 0.6 is 8.38 Å². The lowest BCUT2D eigenvalue weighted by Crippen LogP contribution is -2.31. The molecule has 1 aromatic heterocycles. The van der Waals surface area contributed by atoms with Crippen molar-refractivity contribution >= 4 is 14.2 Å². The molecular weight excluding hydrogens is 335 g/mol. The molecule has 2 aromatic rings. The van der Waals surface area contributed by atoms with E-state index >= 15 is 0 Å². The summed E-state index contributed by atoms with van der Waals surface area (Å²) in [6.45, 7) is 2.76. The fourth-order valence-corrected chi connectivity index (χ4v) is 3.81. The number of benzene rings is 1. The zero-order valence-corrected chi connectivity index (χ0v) is 15.5. The van der Waals surface area contributed by atoms with Crippen molar-refractivity contribution in [2.45, 2.75) is 19.5 Å². The van der Waals surface area contributed by atoms with Crippen LogP contribution in [0.1, 0.15) is 27.3 Å². The number of fused-ring (bicyclic) bond motifs is 1. The molecule has 0 unspecified atom stereocenters. The van der Waals surface area contributed by atoms with Gasteiger partial charge in [-0.05, 0) is 17.2 Å². The maximum absolute atomic E-state index is 12.3. The number of pyridine rings is 1. The molecule has 0 radical (unpaired) electrons. The first kappa shape index (κ1) is 18.2. The molecule has 0 saturated heterocycles. The average molecular weight is 358 g/mol. The molecular formula is C19H23N2O3P. The summed E-state index contributed by atoms with van der Waals surface area (Å²) in [4.78, 5) is 19.4. The third-order valence-corrected chi connectivity index (χ3v) is 5.70. The molecule has 1 aliphatic rings. The summed E-state index contributed by atoms with van der Waals surface area (Å²) in [7, 11) is 1.96. The Balaban J connectivity index is 1.66. The fraction of sp³-hybridized carbons (Fsp3) is 0.368. The third kappa shape index (κ3) is 4.71. The summed E-state index contributed by atoms with van der Waals surface area (Å²) in [5.74, 6) is -0.0238. The van der Waals surface area contributed by atoms with Crippen LogP contribution in [0.4, 0.5) is 0 Å². The van der Waals surface area contributed by atoms with Gasteiger partial charge in [-0.2, -0.15) is 0 Å². The van der Waals surface area contributed by atoms with Gasteiger partial charge in [0.25, 0.3) is 0 Å². The van der Waals surface area contributed by atoms with Crippen LogP contribution in [0.5, 0.6) is 0 Å². The molecule has 2 heterocycles. The molecule has 6 heteroatoms. The Morgan fingerprint density at radius 1 is 1.16 bits per heavy atom. The Morgan fingerprint density at radius 3 is 2.64 bits per heavy atom. The number of rotatable bonds is 7. The van der Waals surface area contributed by atoms with Gasteiger partial charge in [-0.15, -0.1) is 0 Å². The van der Waals surface area contributed by atoms with Gasteiger partial charge in [0, 0.05) is 46.0 Å². The van der Waals surface area contributed by atoms with Crippen molar-refractivity contribution in [2.24, 2.45) is 0 Å². The average Bonchev–Trinajstić information content (AvgIpc) is 2.66. The lowest BCUT2D eigenvalue weighted by atomic mass is 10.0. The standard InChI is InChI=1S/C19H23N2O3P/c1-23-25(24-2)14-19(22)18-9-8-16-13-21(11-10-17(16)20-18)12-15-6-4-3-5-7-15/h3-9H,10-14H2,1-2H3. The second-order valence-corrected chi connectivity index (χ2v) is 7.74. The van der Waals surface area contributed by atoms with E-state index in [1.807, 2.05) is 18.2 Å². The summed E-state index contributed by atoms with van der Waals surface area (Å²) < 4.78 is 10.3. The van der Waals surface area contributed by atoms with Crippen molar-refractivity contribution in [3.8, 4) is 0 Å². The highest BCUT2D eigenvalue weighted by molar-refractivity contribution is 7.48. The second-order valence-electron chi connectivity index (χ2n) is 6.03. The van der Waals surface area contributed by atoms with Crippen molar-refractivity contribution in [1.82, 2.24) is 9.88 Å². The van der Waals surface area contributed by atoms with Crippen molar-refractivity contribution in [2.75, 3.05) is 26.9 Å². The van der Waals surface area contributed by atoms with Gasteiger partial charge in [0.2, 0.25) is 0 Å². The predicted molar refractivity (Wildman–Crippen MR) is 98.6 cm³/mol. The largest absolute Gasteiger partial charge is 0.337 e. The number of hydrogen-bond acceptors (Lipinski definition) is 5. The predicted octanol–water partition coefficient (Wildman–Crippen LogP) is 3.43. The molecule has 0 spiro atoms. The zero-order chi connectivity index (χ0) is 17.6. The lowest BCUT2D eigenvalue weighted by Gasteiger charge is -2.28. The first-order chi connectivity index (χ1) is 12.2. The molecule has 0 N–H and O–H groups in total. The van der Waals surface area contributed by atoms with Gasteiger partial charge in [-0.3, -0.25) is 9.69 Å². The minimum atomic E-state index is -1.16. The number of Topliss-reactive ketones (excluding diaryl/α,β-unsaturated/α-hetero) is 1. The molecule has 0 saturated carbocycles. The van der Waals surface area contributed by atoms with Gasteiger partial charge < -0.3 is 9.05 Å². The van der Waals surface area contributed by atoms with Gasteiger partial charge in [-0.25, -0.2) is 4.98 Å². The minimum Gasteiger partial charge on any atom is -0.337 e. The number of hydrogen-bond donors (Lipinski definition) is 0. The van der Waals surface area contributed by atoms with Crippen LogP contribution in [0.15, 0.2) is 42.5 Å². The zero-order valence-electron chi connectivity index (χ0n) is 14.6. The lowest BCUT2D eigenvalue weighted by molar-refractivity contribution is 0.101. The molecule has 132 valence electrons. The second kappa shape index (κ2) is 8.63. The minimum absolute atomic E-state index is 0.0238. The van der Waals surface area contributed by atoms with Crippen LogP contribution in [-0.2, 0) is 28.6 Å². The fourth-order valence-electron chi connectivity index (χ4n) is 3.01. The molecule has 0 amide bonds. The number of carbonyl (C=O) groups excluding carboxylic acids is 1. The van der Waals surface area contributed by atoms with Crippen molar-refractivity contribution in [3.63, 3.8) is 0 Å². The highest BCUT2D eigenvalue weighted by Gasteiger charge is 2.21. The molecule has 1 aliphatic heterocycles. The van der Waals surface area contributed by atoms with E-state index in [9.17, 15) is 4.79 Å². The molecule has 1 aromatic carbocycles. The normalized spacial score (nSPS) is 14.5. The monoisotopic (exact) mass is 358 g/mol. The smallest absolute Gasteiger partial charge is 0.190 e. The van der Waals surface area contributed by atoms with Crippen LogP contribution in [0.25, 0.3) is 0 Å². The van der Waals surface area contributed by atoms with Crippen LogP contribution in [-0.4, -0.2) is 42.6 Å². The van der Waals surface area contributed by atoms with Crippen molar-refractivity contribution in [1.29, 1.82) is 0 Å². The van der Waals surface area contributed by atoms with Crippen molar-refractivity contribution in [3.05, 3.63) is 65.0 Å². The van der Waals surface area contributed by atoms with E-state index < -0.39 is 8.38 Å². The highest BCUT2D eigenvalue weighted by atomic mass is 31.2. The Bertz CT molecular complexity index is 720. The molecule has 3 rings (SSSR count). The van der Waals surface area contributed by atoms with Crippen molar-refractivity contribution < 1.29 is 13.8 Å². The summed E-state index contributed by atoms with van der Waals surface area (Å²) in [5, 5.41) is 0. The molecule has 0 bridgehead atoms. The summed E-state index contributed by atoms with van der Waals surface area (Å²) in [6.07, 6.45) is 1.11. The molecule has 0 atom stereocenters. The molecule has 0 fully saturated rings. The topological polar surface area (TPSA) is 51.7 Å². The number of carbonyl (C=O) groups is 1. The van der Waals surface area contributed by atoms with Gasteiger partial charge in [0.1, 0.15) is 5.69 Å². The molecule has 0 aliphatic carbocycles. The van der Waals surface area contributed by atoms with E-state index in [0.717, 1.165) is 31.7 Å². The Hall–Kier alpha value is -1.65. The van der Waals surface area contributed by atoms with Gasteiger partial charge in [0.15, 0.2) is 14.2 Å². The Kier molecular flexibility index (Phi) is 6.27. The SMILES string of the molecule is COP(CC(=O)c1ccc2c(n1)CCN(Cc1ccccc1)C2)OC. The summed E-state index contributed by atoms with van der Waals surface area (Å²) in [5.41, 5.74) is 4.07.